The van der Waals surface area contributed by atoms with E-state index in [2.05, 4.69) is 17.1 Å². The normalized spacial score (nSPS) is 26.6. The Morgan fingerprint density at radius 2 is 2.05 bits per heavy atom. The van der Waals surface area contributed by atoms with Crippen molar-refractivity contribution in [1.29, 1.82) is 0 Å². The molecule has 1 amide bonds. The molecule has 2 fully saturated rings. The molecule has 0 aromatic carbocycles. The number of amides is 1. The molecule has 1 saturated heterocycles. The van der Waals surface area contributed by atoms with E-state index in [9.17, 15) is 4.79 Å². The smallest absolute Gasteiger partial charge is 0.240 e. The van der Waals surface area contributed by atoms with Crippen molar-refractivity contribution < 1.29 is 4.79 Å². The van der Waals surface area contributed by atoms with Crippen LogP contribution in [0.4, 0.5) is 0 Å². The molecule has 1 unspecified atom stereocenters. The second-order valence-corrected chi connectivity index (χ2v) is 6.61. The number of piperidine rings is 1. The van der Waals surface area contributed by atoms with Crippen LogP contribution in [0.3, 0.4) is 0 Å². The molecule has 1 atom stereocenters. The van der Waals surface area contributed by atoms with Crippen LogP contribution in [0.5, 0.6) is 0 Å². The molecule has 1 aliphatic heterocycles. The van der Waals surface area contributed by atoms with Crippen molar-refractivity contribution in [2.75, 3.05) is 19.6 Å². The van der Waals surface area contributed by atoms with Crippen LogP contribution in [-0.2, 0) is 4.79 Å². The van der Waals surface area contributed by atoms with Gasteiger partial charge in [-0.15, -0.1) is 0 Å². The first-order chi connectivity index (χ1) is 9.65. The Morgan fingerprint density at radius 1 is 1.30 bits per heavy atom. The Labute approximate surface area is 123 Å². The van der Waals surface area contributed by atoms with E-state index in [1.807, 2.05) is 0 Å². The van der Waals surface area contributed by atoms with Crippen LogP contribution in [0, 0.1) is 0 Å². The van der Waals surface area contributed by atoms with E-state index >= 15 is 0 Å². The maximum atomic E-state index is 12.3. The van der Waals surface area contributed by atoms with Gasteiger partial charge in [0.2, 0.25) is 5.91 Å². The highest BCUT2D eigenvalue weighted by molar-refractivity contribution is 5.86. The van der Waals surface area contributed by atoms with Gasteiger partial charge in [0.25, 0.3) is 0 Å². The van der Waals surface area contributed by atoms with Crippen molar-refractivity contribution in [2.24, 2.45) is 5.73 Å². The quantitative estimate of drug-likeness (QED) is 0.783. The van der Waals surface area contributed by atoms with Crippen molar-refractivity contribution in [3.63, 3.8) is 0 Å². The Balaban J connectivity index is 1.80. The van der Waals surface area contributed by atoms with Crippen molar-refractivity contribution in [3.05, 3.63) is 0 Å². The fourth-order valence-electron chi connectivity index (χ4n) is 3.57. The highest BCUT2D eigenvalue weighted by atomic mass is 16.2. The van der Waals surface area contributed by atoms with E-state index in [1.54, 1.807) is 0 Å². The molecule has 3 N–H and O–H groups in total. The summed E-state index contributed by atoms with van der Waals surface area (Å²) in [6, 6.07) is 0.518. The maximum Gasteiger partial charge on any atom is 0.240 e. The zero-order chi connectivity index (χ0) is 14.4. The summed E-state index contributed by atoms with van der Waals surface area (Å²) in [6.07, 6.45) is 10.2. The van der Waals surface area contributed by atoms with Crippen LogP contribution in [0.15, 0.2) is 0 Å². The highest BCUT2D eigenvalue weighted by Gasteiger charge is 2.37. The summed E-state index contributed by atoms with van der Waals surface area (Å²) < 4.78 is 0. The molecule has 0 spiro atoms. The lowest BCUT2D eigenvalue weighted by Crippen LogP contribution is -2.55. The van der Waals surface area contributed by atoms with E-state index in [0.717, 1.165) is 32.2 Å². The molecule has 1 aliphatic carbocycles. The lowest BCUT2D eigenvalue weighted by molar-refractivity contribution is -0.126. The SMILES string of the molecule is CCCCN1CCCCC1CNC(=O)C1(N)CCCC1. The average Bonchev–Trinajstić information content (AvgIpc) is 2.91. The Kier molecular flexibility index (Phi) is 5.85. The number of nitrogens with two attached hydrogens (primary N) is 1. The molecule has 2 rings (SSSR count). The second kappa shape index (κ2) is 7.41. The lowest BCUT2D eigenvalue weighted by atomic mass is 9.97. The van der Waals surface area contributed by atoms with Gasteiger partial charge in [0.1, 0.15) is 0 Å². The largest absolute Gasteiger partial charge is 0.353 e. The number of carbonyl (C=O) groups excluding carboxylic acids is 1. The summed E-state index contributed by atoms with van der Waals surface area (Å²) >= 11 is 0. The number of nitrogens with zero attached hydrogens (tertiary/aromatic N) is 1. The van der Waals surface area contributed by atoms with Crippen LogP contribution in [0.2, 0.25) is 0 Å². The first-order valence-corrected chi connectivity index (χ1v) is 8.47. The minimum atomic E-state index is -0.580. The molecule has 2 aliphatic rings. The van der Waals surface area contributed by atoms with Crippen LogP contribution < -0.4 is 11.1 Å². The van der Waals surface area contributed by atoms with Crippen molar-refractivity contribution >= 4 is 5.91 Å². The van der Waals surface area contributed by atoms with Crippen LogP contribution in [0.1, 0.15) is 64.7 Å². The topological polar surface area (TPSA) is 58.4 Å². The highest BCUT2D eigenvalue weighted by Crippen LogP contribution is 2.27. The van der Waals surface area contributed by atoms with Gasteiger partial charge < -0.3 is 11.1 Å². The van der Waals surface area contributed by atoms with Crippen LogP contribution in [0.25, 0.3) is 0 Å². The third kappa shape index (κ3) is 3.95. The Hall–Kier alpha value is -0.610. The predicted molar refractivity (Wildman–Crippen MR) is 82.5 cm³/mol. The minimum absolute atomic E-state index is 0.0796. The van der Waals surface area contributed by atoms with E-state index in [4.69, 9.17) is 5.73 Å². The fourth-order valence-corrected chi connectivity index (χ4v) is 3.57. The first-order valence-electron chi connectivity index (χ1n) is 8.47. The summed E-state index contributed by atoms with van der Waals surface area (Å²) in [5.41, 5.74) is 5.63. The minimum Gasteiger partial charge on any atom is -0.353 e. The standard InChI is InChI=1S/C16H31N3O/c1-2-3-11-19-12-7-4-8-14(19)13-18-15(20)16(17)9-5-6-10-16/h14H,2-13,17H2,1H3,(H,18,20). The van der Waals surface area contributed by atoms with Gasteiger partial charge in [-0.3, -0.25) is 9.69 Å². The molecule has 0 aromatic heterocycles. The van der Waals surface area contributed by atoms with Gasteiger partial charge in [-0.05, 0) is 45.2 Å². The van der Waals surface area contributed by atoms with E-state index < -0.39 is 5.54 Å². The molecular formula is C16H31N3O. The van der Waals surface area contributed by atoms with Gasteiger partial charge in [-0.1, -0.05) is 32.6 Å². The number of hydrogen-bond acceptors (Lipinski definition) is 3. The molecule has 116 valence electrons. The van der Waals surface area contributed by atoms with Gasteiger partial charge in [0, 0.05) is 12.6 Å². The molecular weight excluding hydrogens is 250 g/mol. The Bertz CT molecular complexity index is 313. The molecule has 0 aromatic rings. The van der Waals surface area contributed by atoms with Crippen LogP contribution in [-0.4, -0.2) is 42.0 Å². The number of rotatable bonds is 6. The average molecular weight is 281 g/mol. The number of hydrogen-bond donors (Lipinski definition) is 2. The van der Waals surface area contributed by atoms with Gasteiger partial charge in [-0.25, -0.2) is 0 Å². The van der Waals surface area contributed by atoms with Gasteiger partial charge in [0.15, 0.2) is 0 Å². The Morgan fingerprint density at radius 3 is 2.75 bits per heavy atom. The second-order valence-electron chi connectivity index (χ2n) is 6.61. The number of unbranched alkanes of at least 4 members (excludes halogenated alkanes) is 1. The fraction of sp³-hybridized carbons (Fsp3) is 0.938. The van der Waals surface area contributed by atoms with E-state index in [-0.39, 0.29) is 5.91 Å². The van der Waals surface area contributed by atoms with Gasteiger partial charge in [-0.2, -0.15) is 0 Å². The third-order valence-electron chi connectivity index (χ3n) is 4.99. The molecule has 20 heavy (non-hydrogen) atoms. The van der Waals surface area contributed by atoms with Crippen LogP contribution >= 0.6 is 0 Å². The van der Waals surface area contributed by atoms with Crippen molar-refractivity contribution in [1.82, 2.24) is 10.2 Å². The van der Waals surface area contributed by atoms with E-state index in [0.29, 0.717) is 6.04 Å². The molecule has 4 nitrogen and oxygen atoms in total. The summed E-state index contributed by atoms with van der Waals surface area (Å²) in [6.45, 7) is 5.37. The molecule has 4 heteroatoms. The molecule has 1 saturated carbocycles. The number of carbonyl (C=O) groups is 1. The van der Waals surface area contributed by atoms with Gasteiger partial charge >= 0.3 is 0 Å². The summed E-state index contributed by atoms with van der Waals surface area (Å²) in [4.78, 5) is 14.8. The first kappa shape index (κ1) is 15.8. The molecule has 1 heterocycles. The lowest BCUT2D eigenvalue weighted by Gasteiger charge is -2.36. The number of likely N-dealkylation sites (tertiary alicyclic amines) is 1. The molecule has 0 radical (unpaired) electrons. The maximum absolute atomic E-state index is 12.3. The van der Waals surface area contributed by atoms with Crippen molar-refractivity contribution in [3.8, 4) is 0 Å². The monoisotopic (exact) mass is 281 g/mol. The van der Waals surface area contributed by atoms with Crippen molar-refractivity contribution in [2.45, 2.75) is 76.3 Å². The van der Waals surface area contributed by atoms with Gasteiger partial charge in [0.05, 0.1) is 5.54 Å². The zero-order valence-corrected chi connectivity index (χ0v) is 13.0. The molecule has 0 bridgehead atoms. The summed E-state index contributed by atoms with van der Waals surface area (Å²) in [7, 11) is 0. The number of nitrogens with one attached hydrogen (secondary N) is 1. The predicted octanol–water partition coefficient (Wildman–Crippen LogP) is 2.03. The van der Waals surface area contributed by atoms with E-state index in [1.165, 1.54) is 45.2 Å². The summed E-state index contributed by atoms with van der Waals surface area (Å²) in [5, 5.41) is 3.14. The summed E-state index contributed by atoms with van der Waals surface area (Å²) in [5.74, 6) is 0.0796. The zero-order valence-electron chi connectivity index (χ0n) is 13.0. The third-order valence-corrected chi connectivity index (χ3v) is 4.99.